The molecular weight excluding hydrogens is 292 g/mol. The number of aromatic nitrogens is 2. The number of aryl methyl sites for hydroxylation is 2. The maximum absolute atomic E-state index is 12.0. The molecule has 0 saturated heterocycles. The van der Waals surface area contributed by atoms with Crippen LogP contribution in [0.15, 0.2) is 47.0 Å². The Bertz CT molecular complexity index is 854. The molecule has 3 rings (SSSR count). The Labute approximate surface area is 133 Å². The molecule has 0 aliphatic carbocycles. The molecule has 0 atom stereocenters. The third-order valence-corrected chi connectivity index (χ3v) is 3.56. The summed E-state index contributed by atoms with van der Waals surface area (Å²) in [7, 11) is 1.35. The molecule has 0 fully saturated rings. The van der Waals surface area contributed by atoms with Gasteiger partial charge in [0.1, 0.15) is 0 Å². The van der Waals surface area contributed by atoms with Crippen molar-refractivity contribution in [1.29, 1.82) is 0 Å². The first kappa shape index (κ1) is 15.0. The van der Waals surface area contributed by atoms with Crippen LogP contribution >= 0.6 is 0 Å². The summed E-state index contributed by atoms with van der Waals surface area (Å²) < 4.78 is 10.2. The number of rotatable bonds is 3. The highest BCUT2D eigenvalue weighted by Gasteiger charge is 2.19. The lowest BCUT2D eigenvalue weighted by Crippen LogP contribution is -2.07. The Morgan fingerprint density at radius 1 is 1.13 bits per heavy atom. The maximum atomic E-state index is 12.0. The number of methoxy groups -OCH3 is 1. The van der Waals surface area contributed by atoms with Crippen LogP contribution in [0.1, 0.15) is 21.7 Å². The van der Waals surface area contributed by atoms with Gasteiger partial charge in [-0.1, -0.05) is 35.5 Å². The van der Waals surface area contributed by atoms with Gasteiger partial charge in [0, 0.05) is 17.2 Å². The first-order chi connectivity index (χ1) is 11.1. The fraction of sp³-hybridized carbons (Fsp3) is 0.167. The molecule has 1 aromatic carbocycles. The Balaban J connectivity index is 2.26. The van der Waals surface area contributed by atoms with Crippen LogP contribution in [0.2, 0.25) is 0 Å². The molecular formula is C18H16N2O3. The standard InChI is InChI=1S/C18H16N2O3/c1-11-9-16(23-20-11)15-10-14(18(21)22-3)12(2)19-17(15)13-7-5-4-6-8-13/h4-10H,1-3H3. The van der Waals surface area contributed by atoms with E-state index in [2.05, 4.69) is 10.1 Å². The van der Waals surface area contributed by atoms with E-state index in [1.54, 1.807) is 13.0 Å². The molecule has 0 unspecified atom stereocenters. The normalized spacial score (nSPS) is 10.6. The number of nitrogens with zero attached hydrogens (tertiary/aromatic N) is 2. The second kappa shape index (κ2) is 6.04. The second-order valence-electron chi connectivity index (χ2n) is 5.21. The SMILES string of the molecule is COC(=O)c1cc(-c2cc(C)no2)c(-c2ccccc2)nc1C. The van der Waals surface area contributed by atoms with E-state index in [1.807, 2.05) is 43.3 Å². The lowest BCUT2D eigenvalue weighted by atomic mass is 10.0. The van der Waals surface area contributed by atoms with Gasteiger partial charge in [-0.25, -0.2) is 4.79 Å². The number of ether oxygens (including phenoxy) is 1. The monoisotopic (exact) mass is 308 g/mol. The van der Waals surface area contributed by atoms with Crippen molar-refractivity contribution in [3.8, 4) is 22.6 Å². The largest absolute Gasteiger partial charge is 0.465 e. The molecule has 0 aliphatic heterocycles. The fourth-order valence-corrected chi connectivity index (χ4v) is 2.42. The highest BCUT2D eigenvalue weighted by atomic mass is 16.5. The molecule has 2 aromatic heterocycles. The topological polar surface area (TPSA) is 65.2 Å². The molecule has 0 radical (unpaired) electrons. The number of benzene rings is 1. The summed E-state index contributed by atoms with van der Waals surface area (Å²) in [6.07, 6.45) is 0. The molecule has 5 nitrogen and oxygen atoms in total. The van der Waals surface area contributed by atoms with Gasteiger partial charge in [0.25, 0.3) is 0 Å². The predicted molar refractivity (Wildman–Crippen MR) is 86.0 cm³/mol. The minimum absolute atomic E-state index is 0.413. The Morgan fingerprint density at radius 2 is 1.87 bits per heavy atom. The van der Waals surface area contributed by atoms with Gasteiger partial charge in [-0.2, -0.15) is 0 Å². The molecule has 0 aliphatic rings. The number of pyridine rings is 1. The highest BCUT2D eigenvalue weighted by molar-refractivity contribution is 5.93. The van der Waals surface area contributed by atoms with Crippen LogP contribution in [-0.4, -0.2) is 23.2 Å². The first-order valence-corrected chi connectivity index (χ1v) is 7.19. The van der Waals surface area contributed by atoms with E-state index in [-0.39, 0.29) is 0 Å². The summed E-state index contributed by atoms with van der Waals surface area (Å²) >= 11 is 0. The van der Waals surface area contributed by atoms with Gasteiger partial charge in [0.2, 0.25) is 0 Å². The minimum atomic E-state index is -0.424. The highest BCUT2D eigenvalue weighted by Crippen LogP contribution is 2.32. The van der Waals surface area contributed by atoms with Crippen LogP contribution in [0.3, 0.4) is 0 Å². The van der Waals surface area contributed by atoms with Gasteiger partial charge in [-0.05, 0) is 19.9 Å². The van der Waals surface area contributed by atoms with Crippen LogP contribution in [0, 0.1) is 13.8 Å². The third-order valence-electron chi connectivity index (χ3n) is 3.56. The average molecular weight is 308 g/mol. The summed E-state index contributed by atoms with van der Waals surface area (Å²) in [6, 6.07) is 13.3. The zero-order valence-corrected chi connectivity index (χ0v) is 13.2. The third kappa shape index (κ3) is 2.85. The van der Waals surface area contributed by atoms with Crippen molar-refractivity contribution >= 4 is 5.97 Å². The van der Waals surface area contributed by atoms with Gasteiger partial charge in [-0.3, -0.25) is 4.98 Å². The number of hydrogen-bond acceptors (Lipinski definition) is 5. The average Bonchev–Trinajstić information content (AvgIpc) is 3.01. The van der Waals surface area contributed by atoms with Crippen molar-refractivity contribution in [2.45, 2.75) is 13.8 Å². The van der Waals surface area contributed by atoms with Crippen LogP contribution < -0.4 is 0 Å². The van der Waals surface area contributed by atoms with Crippen molar-refractivity contribution in [2.24, 2.45) is 0 Å². The van der Waals surface area contributed by atoms with E-state index in [9.17, 15) is 4.79 Å². The first-order valence-electron chi connectivity index (χ1n) is 7.19. The van der Waals surface area contributed by atoms with E-state index in [4.69, 9.17) is 9.26 Å². The second-order valence-corrected chi connectivity index (χ2v) is 5.21. The van der Waals surface area contributed by atoms with Crippen molar-refractivity contribution in [3.63, 3.8) is 0 Å². The van der Waals surface area contributed by atoms with Crippen molar-refractivity contribution in [2.75, 3.05) is 7.11 Å². The van der Waals surface area contributed by atoms with Crippen LogP contribution in [-0.2, 0) is 4.74 Å². The van der Waals surface area contributed by atoms with Crippen LogP contribution in [0.25, 0.3) is 22.6 Å². The fourth-order valence-electron chi connectivity index (χ4n) is 2.42. The van der Waals surface area contributed by atoms with Crippen LogP contribution in [0.5, 0.6) is 0 Å². The number of hydrogen-bond donors (Lipinski definition) is 0. The lowest BCUT2D eigenvalue weighted by Gasteiger charge is -2.11. The van der Waals surface area contributed by atoms with Crippen LogP contribution in [0.4, 0.5) is 0 Å². The van der Waals surface area contributed by atoms with Gasteiger partial charge in [0.05, 0.1) is 29.8 Å². The van der Waals surface area contributed by atoms with Crippen molar-refractivity contribution in [1.82, 2.24) is 10.1 Å². The molecule has 3 aromatic rings. The Morgan fingerprint density at radius 3 is 2.48 bits per heavy atom. The van der Waals surface area contributed by atoms with Gasteiger partial charge < -0.3 is 9.26 Å². The zero-order chi connectivity index (χ0) is 16.4. The van der Waals surface area contributed by atoms with Gasteiger partial charge in [-0.15, -0.1) is 0 Å². The molecule has 0 saturated carbocycles. The number of carbonyl (C=O) groups is 1. The summed E-state index contributed by atoms with van der Waals surface area (Å²) in [5.74, 6) is 0.145. The van der Waals surface area contributed by atoms with Crippen molar-refractivity contribution < 1.29 is 14.1 Å². The maximum Gasteiger partial charge on any atom is 0.339 e. The van der Waals surface area contributed by atoms with E-state index >= 15 is 0 Å². The summed E-state index contributed by atoms with van der Waals surface area (Å²) in [5.41, 5.74) is 4.18. The smallest absolute Gasteiger partial charge is 0.339 e. The quantitative estimate of drug-likeness (QED) is 0.688. The molecule has 0 amide bonds. The molecule has 5 heteroatoms. The zero-order valence-electron chi connectivity index (χ0n) is 13.2. The van der Waals surface area contributed by atoms with Gasteiger partial charge in [0.15, 0.2) is 5.76 Å². The summed E-state index contributed by atoms with van der Waals surface area (Å²) in [5, 5.41) is 3.93. The number of esters is 1. The van der Waals surface area contributed by atoms with E-state index in [0.717, 1.165) is 17.0 Å². The Kier molecular flexibility index (Phi) is 3.93. The molecule has 23 heavy (non-hydrogen) atoms. The lowest BCUT2D eigenvalue weighted by molar-refractivity contribution is 0.0599. The summed E-state index contributed by atoms with van der Waals surface area (Å²) in [6.45, 7) is 3.63. The van der Waals surface area contributed by atoms with E-state index in [1.165, 1.54) is 7.11 Å². The summed E-state index contributed by atoms with van der Waals surface area (Å²) in [4.78, 5) is 16.6. The molecule has 116 valence electrons. The molecule has 0 bridgehead atoms. The van der Waals surface area contributed by atoms with Gasteiger partial charge >= 0.3 is 5.97 Å². The molecule has 0 N–H and O–H groups in total. The predicted octanol–water partition coefficient (Wildman–Crippen LogP) is 3.81. The molecule has 0 spiro atoms. The van der Waals surface area contributed by atoms with E-state index < -0.39 is 5.97 Å². The minimum Gasteiger partial charge on any atom is -0.465 e. The van der Waals surface area contributed by atoms with E-state index in [0.29, 0.717) is 22.6 Å². The molecule has 2 heterocycles. The Hall–Kier alpha value is -2.95. The number of carbonyl (C=O) groups excluding carboxylic acids is 1. The van der Waals surface area contributed by atoms with Crippen molar-refractivity contribution in [3.05, 3.63) is 59.4 Å².